The summed E-state index contributed by atoms with van der Waals surface area (Å²) < 4.78 is 13.1. The number of nitrogens with two attached hydrogens (primary N) is 1. The lowest BCUT2D eigenvalue weighted by atomic mass is 9.68. The van der Waals surface area contributed by atoms with E-state index in [9.17, 15) is 9.18 Å². The van der Waals surface area contributed by atoms with E-state index in [4.69, 9.17) is 5.73 Å². The van der Waals surface area contributed by atoms with E-state index < -0.39 is 0 Å². The lowest BCUT2D eigenvalue weighted by molar-refractivity contribution is -0.135. The third-order valence-corrected chi connectivity index (χ3v) is 3.86. The van der Waals surface area contributed by atoms with Crippen molar-refractivity contribution in [3.8, 4) is 0 Å². The number of hydrogen-bond acceptors (Lipinski definition) is 2. The molecule has 0 unspecified atom stereocenters. The van der Waals surface area contributed by atoms with Crippen molar-refractivity contribution in [2.24, 2.45) is 11.1 Å². The first-order valence-corrected chi connectivity index (χ1v) is 6.31. The molecular formula is C14H19FN2O. The molecule has 0 atom stereocenters. The average Bonchev–Trinajstić information content (AvgIpc) is 2.30. The molecule has 0 heterocycles. The Morgan fingerprint density at radius 1 is 1.50 bits per heavy atom. The smallest absolute Gasteiger partial charge is 0.227 e. The van der Waals surface area contributed by atoms with E-state index in [1.165, 1.54) is 6.07 Å². The van der Waals surface area contributed by atoms with Crippen LogP contribution in [0.2, 0.25) is 0 Å². The molecule has 1 aromatic carbocycles. The predicted molar refractivity (Wildman–Crippen MR) is 68.3 cm³/mol. The van der Waals surface area contributed by atoms with Crippen LogP contribution in [0.3, 0.4) is 0 Å². The average molecular weight is 250 g/mol. The van der Waals surface area contributed by atoms with Gasteiger partial charge in [0.1, 0.15) is 5.82 Å². The quantitative estimate of drug-likeness (QED) is 0.857. The lowest BCUT2D eigenvalue weighted by Crippen LogP contribution is -2.50. The topological polar surface area (TPSA) is 55.1 Å². The van der Waals surface area contributed by atoms with Gasteiger partial charge in [-0.05, 0) is 37.0 Å². The first-order valence-electron chi connectivity index (χ1n) is 6.31. The molecule has 0 bridgehead atoms. The van der Waals surface area contributed by atoms with Crippen molar-refractivity contribution in [1.29, 1.82) is 0 Å². The normalized spacial score (nSPS) is 17.1. The summed E-state index contributed by atoms with van der Waals surface area (Å²) in [5.74, 6) is -0.194. The number of rotatable bonds is 4. The Morgan fingerprint density at radius 3 is 2.72 bits per heavy atom. The molecular weight excluding hydrogens is 231 g/mol. The second-order valence-electron chi connectivity index (χ2n) is 5.10. The van der Waals surface area contributed by atoms with Crippen LogP contribution in [0.25, 0.3) is 0 Å². The zero-order valence-electron chi connectivity index (χ0n) is 10.6. The van der Waals surface area contributed by atoms with Gasteiger partial charge < -0.3 is 11.1 Å². The molecule has 1 amide bonds. The lowest BCUT2D eigenvalue weighted by Gasteiger charge is -2.39. The number of carbonyl (C=O) groups is 1. The summed E-state index contributed by atoms with van der Waals surface area (Å²) in [4.78, 5) is 12.0. The molecule has 3 nitrogen and oxygen atoms in total. The van der Waals surface area contributed by atoms with Gasteiger partial charge in [-0.2, -0.15) is 0 Å². The maximum Gasteiger partial charge on any atom is 0.227 e. The van der Waals surface area contributed by atoms with Gasteiger partial charge in [0.2, 0.25) is 5.91 Å². The van der Waals surface area contributed by atoms with Crippen molar-refractivity contribution < 1.29 is 9.18 Å². The van der Waals surface area contributed by atoms with Crippen LogP contribution >= 0.6 is 0 Å². The Bertz CT molecular complexity index is 450. The minimum atomic E-state index is -0.352. The number of hydrogen-bond donors (Lipinski definition) is 2. The number of aryl methyl sites for hydroxylation is 1. The molecule has 3 N–H and O–H groups in total. The maximum absolute atomic E-state index is 13.1. The Kier molecular flexibility index (Phi) is 3.66. The van der Waals surface area contributed by atoms with Gasteiger partial charge in [0.05, 0.1) is 5.41 Å². The maximum atomic E-state index is 13.1. The van der Waals surface area contributed by atoms with Crippen molar-refractivity contribution >= 4 is 5.91 Å². The minimum absolute atomic E-state index is 0.0261. The van der Waals surface area contributed by atoms with Crippen molar-refractivity contribution in [3.05, 3.63) is 35.1 Å². The molecule has 4 heteroatoms. The highest BCUT2D eigenvalue weighted by molar-refractivity contribution is 5.83. The summed E-state index contributed by atoms with van der Waals surface area (Å²) in [5.41, 5.74) is 6.83. The first kappa shape index (κ1) is 13.0. The van der Waals surface area contributed by atoms with E-state index in [1.807, 2.05) is 0 Å². The van der Waals surface area contributed by atoms with Crippen LogP contribution in [0, 0.1) is 18.2 Å². The Balaban J connectivity index is 1.95. The molecule has 1 aliphatic rings. The van der Waals surface area contributed by atoms with Gasteiger partial charge in [-0.25, -0.2) is 4.39 Å². The molecule has 98 valence electrons. The summed E-state index contributed by atoms with van der Waals surface area (Å²) >= 11 is 0. The molecule has 1 fully saturated rings. The van der Waals surface area contributed by atoms with E-state index in [1.54, 1.807) is 19.1 Å². The van der Waals surface area contributed by atoms with Gasteiger partial charge in [-0.1, -0.05) is 18.6 Å². The molecule has 0 aromatic heterocycles. The van der Waals surface area contributed by atoms with E-state index in [0.717, 1.165) is 24.8 Å². The van der Waals surface area contributed by atoms with Crippen LogP contribution in [0.5, 0.6) is 0 Å². The van der Waals surface area contributed by atoms with E-state index >= 15 is 0 Å². The molecule has 2 rings (SSSR count). The number of benzene rings is 1. The molecule has 0 saturated heterocycles. The van der Waals surface area contributed by atoms with Crippen molar-refractivity contribution in [3.63, 3.8) is 0 Å². The highest BCUT2D eigenvalue weighted by atomic mass is 19.1. The van der Waals surface area contributed by atoms with Crippen molar-refractivity contribution in [2.75, 3.05) is 6.54 Å². The summed E-state index contributed by atoms with van der Waals surface area (Å²) in [5, 5.41) is 2.90. The van der Waals surface area contributed by atoms with Crippen molar-refractivity contribution in [1.82, 2.24) is 5.32 Å². The van der Waals surface area contributed by atoms with Gasteiger partial charge >= 0.3 is 0 Å². The van der Waals surface area contributed by atoms with Gasteiger partial charge in [-0.15, -0.1) is 0 Å². The van der Waals surface area contributed by atoms with Crippen LogP contribution in [-0.2, 0) is 11.3 Å². The Labute approximate surface area is 107 Å². The molecule has 0 spiro atoms. The zero-order chi connectivity index (χ0) is 13.2. The molecule has 0 radical (unpaired) electrons. The Hall–Kier alpha value is -1.42. The minimum Gasteiger partial charge on any atom is -0.352 e. The van der Waals surface area contributed by atoms with E-state index in [0.29, 0.717) is 18.7 Å². The fourth-order valence-corrected chi connectivity index (χ4v) is 2.31. The molecule has 1 aromatic rings. The highest BCUT2D eigenvalue weighted by Gasteiger charge is 2.42. The first-order chi connectivity index (χ1) is 8.57. The largest absolute Gasteiger partial charge is 0.352 e. The predicted octanol–water partition coefficient (Wildman–Crippen LogP) is 1.88. The summed E-state index contributed by atoms with van der Waals surface area (Å²) in [6, 6.07) is 4.88. The van der Waals surface area contributed by atoms with E-state index in [2.05, 4.69) is 5.32 Å². The molecule has 1 aliphatic carbocycles. The van der Waals surface area contributed by atoms with Crippen molar-refractivity contribution in [2.45, 2.75) is 32.7 Å². The third kappa shape index (κ3) is 2.38. The standard InChI is InChI=1S/C14H19FN2O/c1-10-7-11(3-4-12(10)15)8-17-13(18)14(9-16)5-2-6-14/h3-4,7H,2,5-6,8-9,16H2,1H3,(H,17,18). The second kappa shape index (κ2) is 5.06. The molecule has 18 heavy (non-hydrogen) atoms. The van der Waals surface area contributed by atoms with Crippen LogP contribution in [0.1, 0.15) is 30.4 Å². The van der Waals surface area contributed by atoms with Gasteiger partial charge in [-0.3, -0.25) is 4.79 Å². The Morgan fingerprint density at radius 2 is 2.22 bits per heavy atom. The van der Waals surface area contributed by atoms with Crippen LogP contribution in [0.4, 0.5) is 4.39 Å². The van der Waals surface area contributed by atoms with Gasteiger partial charge in [0, 0.05) is 13.1 Å². The van der Waals surface area contributed by atoms with Gasteiger partial charge in [0.15, 0.2) is 0 Å². The monoisotopic (exact) mass is 250 g/mol. The highest BCUT2D eigenvalue weighted by Crippen LogP contribution is 2.40. The second-order valence-corrected chi connectivity index (χ2v) is 5.10. The third-order valence-electron chi connectivity index (χ3n) is 3.86. The number of nitrogens with one attached hydrogen (secondary N) is 1. The molecule has 1 saturated carbocycles. The number of carbonyl (C=O) groups excluding carboxylic acids is 1. The van der Waals surface area contributed by atoms with Crippen LogP contribution in [-0.4, -0.2) is 12.5 Å². The summed E-state index contributed by atoms with van der Waals surface area (Å²) in [6.45, 7) is 2.55. The molecule has 0 aliphatic heterocycles. The summed E-state index contributed by atoms with van der Waals surface area (Å²) in [7, 11) is 0. The summed E-state index contributed by atoms with van der Waals surface area (Å²) in [6.07, 6.45) is 2.82. The fourth-order valence-electron chi connectivity index (χ4n) is 2.31. The SMILES string of the molecule is Cc1cc(CNC(=O)C2(CN)CCC2)ccc1F. The van der Waals surface area contributed by atoms with Gasteiger partial charge in [0.25, 0.3) is 0 Å². The number of amides is 1. The zero-order valence-corrected chi connectivity index (χ0v) is 10.6. The van der Waals surface area contributed by atoms with E-state index in [-0.39, 0.29) is 17.1 Å². The van der Waals surface area contributed by atoms with Crippen LogP contribution in [0.15, 0.2) is 18.2 Å². The van der Waals surface area contributed by atoms with Crippen LogP contribution < -0.4 is 11.1 Å². The number of halogens is 1. The fraction of sp³-hybridized carbons (Fsp3) is 0.500.